The van der Waals surface area contributed by atoms with Crippen molar-refractivity contribution in [3.05, 3.63) is 29.8 Å². The summed E-state index contributed by atoms with van der Waals surface area (Å²) < 4.78 is 33.0. The first-order valence-electron chi connectivity index (χ1n) is 9.48. The lowest BCUT2D eigenvalue weighted by Gasteiger charge is -2.23. The fourth-order valence-electron chi connectivity index (χ4n) is 3.97. The second kappa shape index (κ2) is 8.06. The van der Waals surface area contributed by atoms with Gasteiger partial charge in [0.15, 0.2) is 0 Å². The van der Waals surface area contributed by atoms with Crippen LogP contribution >= 0.6 is 0 Å². The fraction of sp³-hybridized carbons (Fsp3) is 0.632. The lowest BCUT2D eigenvalue weighted by Crippen LogP contribution is -2.43. The molecule has 0 spiro atoms. The van der Waals surface area contributed by atoms with Crippen LogP contribution in [-0.2, 0) is 16.6 Å². The summed E-state index contributed by atoms with van der Waals surface area (Å²) in [6.45, 7) is 5.80. The number of benzene rings is 1. The Kier molecular flexibility index (Phi) is 5.95. The molecule has 2 fully saturated rings. The van der Waals surface area contributed by atoms with Crippen LogP contribution < -0.4 is 10.1 Å². The summed E-state index contributed by atoms with van der Waals surface area (Å²) >= 11 is 0. The Labute approximate surface area is 161 Å². The minimum atomic E-state index is -3.37. The summed E-state index contributed by atoms with van der Waals surface area (Å²) in [5.41, 5.74) is 0.923. The zero-order valence-corrected chi connectivity index (χ0v) is 17.0. The summed E-state index contributed by atoms with van der Waals surface area (Å²) in [5.74, 6) is 0.794. The van der Waals surface area contributed by atoms with Crippen molar-refractivity contribution in [2.45, 2.75) is 44.5 Å². The highest BCUT2D eigenvalue weighted by Crippen LogP contribution is 2.35. The van der Waals surface area contributed by atoms with Crippen molar-refractivity contribution in [1.29, 1.82) is 0 Å². The number of amides is 2. The van der Waals surface area contributed by atoms with Gasteiger partial charge < -0.3 is 15.0 Å². The number of rotatable bonds is 4. The second-order valence-corrected chi connectivity index (χ2v) is 9.81. The summed E-state index contributed by atoms with van der Waals surface area (Å²) in [5, 5.41) is 2.49. The quantitative estimate of drug-likeness (QED) is 0.846. The Morgan fingerprint density at radius 1 is 1.30 bits per heavy atom. The van der Waals surface area contributed by atoms with E-state index in [0.29, 0.717) is 39.0 Å². The van der Waals surface area contributed by atoms with Gasteiger partial charge in [-0.05, 0) is 50.3 Å². The number of hydrogen-bond donors (Lipinski definition) is 1. The molecule has 1 aromatic rings. The number of carbonyl (C=O) groups excluding carboxylic acids is 1. The number of likely N-dealkylation sites (tertiary alicyclic amines) is 1. The molecule has 2 atom stereocenters. The van der Waals surface area contributed by atoms with Gasteiger partial charge in [-0.1, -0.05) is 12.1 Å². The van der Waals surface area contributed by atoms with E-state index >= 15 is 0 Å². The zero-order valence-electron chi connectivity index (χ0n) is 16.2. The number of sulfonamides is 1. The first kappa shape index (κ1) is 19.9. The molecule has 2 heterocycles. The van der Waals surface area contributed by atoms with E-state index < -0.39 is 15.3 Å². The Morgan fingerprint density at radius 3 is 2.74 bits per heavy atom. The highest BCUT2D eigenvalue weighted by atomic mass is 32.2. The summed E-state index contributed by atoms with van der Waals surface area (Å²) in [6, 6.07) is 7.49. The van der Waals surface area contributed by atoms with E-state index in [1.54, 1.807) is 16.3 Å². The van der Waals surface area contributed by atoms with Gasteiger partial charge in [0.2, 0.25) is 10.0 Å². The number of nitrogens with zero attached hydrogens (tertiary/aromatic N) is 2. The van der Waals surface area contributed by atoms with Gasteiger partial charge in [-0.25, -0.2) is 13.2 Å². The first-order chi connectivity index (χ1) is 12.8. The number of hydrogen-bond acceptors (Lipinski definition) is 4. The van der Waals surface area contributed by atoms with Crippen LogP contribution in [0.3, 0.4) is 0 Å². The topological polar surface area (TPSA) is 79.0 Å². The molecule has 7 nitrogen and oxygen atoms in total. The van der Waals surface area contributed by atoms with Gasteiger partial charge in [-0.2, -0.15) is 4.31 Å². The molecule has 2 aliphatic heterocycles. The standard InChI is InChI=1S/C19H29N3O4S/c1-14(2)20-19(23)21-9-7-16-13-22(27(24,25)18(16)8-10-21)12-15-5-4-6-17(11-15)26-3/h4-6,11,14,16,18H,7-10,12-13H2,1-3H3,(H,20,23)/t16-,18+/m0/s1. The Morgan fingerprint density at radius 2 is 2.04 bits per heavy atom. The third kappa shape index (κ3) is 4.38. The molecule has 0 radical (unpaired) electrons. The summed E-state index contributed by atoms with van der Waals surface area (Å²) in [7, 11) is -1.76. The molecule has 27 heavy (non-hydrogen) atoms. The molecule has 2 aliphatic rings. The second-order valence-electron chi connectivity index (χ2n) is 7.66. The molecular formula is C19H29N3O4S. The normalized spacial score (nSPS) is 25.1. The predicted molar refractivity (Wildman–Crippen MR) is 104 cm³/mol. The van der Waals surface area contributed by atoms with Gasteiger partial charge in [-0.15, -0.1) is 0 Å². The lowest BCUT2D eigenvalue weighted by molar-refractivity contribution is 0.196. The van der Waals surface area contributed by atoms with Crippen molar-refractivity contribution >= 4 is 16.1 Å². The van der Waals surface area contributed by atoms with Crippen LogP contribution in [0.1, 0.15) is 32.3 Å². The number of fused-ring (bicyclic) bond motifs is 1. The van der Waals surface area contributed by atoms with Crippen LogP contribution in [0.4, 0.5) is 4.79 Å². The molecule has 2 saturated heterocycles. The number of ether oxygens (including phenoxy) is 1. The molecule has 0 aromatic heterocycles. The van der Waals surface area contributed by atoms with E-state index in [9.17, 15) is 13.2 Å². The van der Waals surface area contributed by atoms with Crippen LogP contribution in [0.15, 0.2) is 24.3 Å². The van der Waals surface area contributed by atoms with E-state index in [1.807, 2.05) is 38.1 Å². The van der Waals surface area contributed by atoms with Gasteiger partial charge in [-0.3, -0.25) is 0 Å². The van der Waals surface area contributed by atoms with Gasteiger partial charge in [0, 0.05) is 32.2 Å². The summed E-state index contributed by atoms with van der Waals surface area (Å²) in [4.78, 5) is 14.0. The van der Waals surface area contributed by atoms with Gasteiger partial charge >= 0.3 is 6.03 Å². The highest BCUT2D eigenvalue weighted by molar-refractivity contribution is 7.90. The van der Waals surface area contributed by atoms with Crippen LogP contribution in [0, 0.1) is 5.92 Å². The maximum atomic E-state index is 13.1. The van der Waals surface area contributed by atoms with E-state index in [1.165, 1.54) is 0 Å². The lowest BCUT2D eigenvalue weighted by atomic mass is 10.0. The zero-order chi connectivity index (χ0) is 19.6. The minimum absolute atomic E-state index is 0.0671. The third-order valence-corrected chi connectivity index (χ3v) is 7.74. The molecule has 0 aliphatic carbocycles. The molecule has 8 heteroatoms. The molecule has 2 amide bonds. The molecule has 150 valence electrons. The molecule has 1 aromatic carbocycles. The highest BCUT2D eigenvalue weighted by Gasteiger charge is 2.47. The number of urea groups is 1. The van der Waals surface area contributed by atoms with E-state index in [0.717, 1.165) is 11.3 Å². The van der Waals surface area contributed by atoms with Crippen molar-refractivity contribution in [3.8, 4) is 5.75 Å². The monoisotopic (exact) mass is 395 g/mol. The molecular weight excluding hydrogens is 366 g/mol. The predicted octanol–water partition coefficient (Wildman–Crippen LogP) is 2.04. The average molecular weight is 396 g/mol. The Bertz CT molecular complexity index is 781. The van der Waals surface area contributed by atoms with Gasteiger partial charge in [0.1, 0.15) is 5.75 Å². The van der Waals surface area contributed by atoms with Crippen molar-refractivity contribution in [3.63, 3.8) is 0 Å². The fourth-order valence-corrected chi connectivity index (χ4v) is 6.19. The van der Waals surface area contributed by atoms with Gasteiger partial charge in [0.25, 0.3) is 0 Å². The maximum Gasteiger partial charge on any atom is 0.317 e. The van der Waals surface area contributed by atoms with Gasteiger partial charge in [0.05, 0.1) is 12.4 Å². The molecule has 0 unspecified atom stereocenters. The number of methoxy groups -OCH3 is 1. The largest absolute Gasteiger partial charge is 0.497 e. The average Bonchev–Trinajstić information content (AvgIpc) is 2.77. The van der Waals surface area contributed by atoms with E-state index in [2.05, 4.69) is 5.32 Å². The summed E-state index contributed by atoms with van der Waals surface area (Å²) in [6.07, 6.45) is 1.21. The maximum absolute atomic E-state index is 13.1. The third-order valence-electron chi connectivity index (χ3n) is 5.35. The Balaban J connectivity index is 1.68. The van der Waals surface area contributed by atoms with Crippen LogP contribution in [0.2, 0.25) is 0 Å². The Hall–Kier alpha value is -1.80. The van der Waals surface area contributed by atoms with Crippen molar-refractivity contribution in [2.75, 3.05) is 26.7 Å². The first-order valence-corrected chi connectivity index (χ1v) is 11.0. The minimum Gasteiger partial charge on any atom is -0.497 e. The molecule has 3 rings (SSSR count). The van der Waals surface area contributed by atoms with E-state index in [4.69, 9.17) is 4.74 Å². The van der Waals surface area contributed by atoms with Crippen LogP contribution in [0.25, 0.3) is 0 Å². The smallest absolute Gasteiger partial charge is 0.317 e. The van der Waals surface area contributed by atoms with Crippen LogP contribution in [-0.4, -0.2) is 61.7 Å². The van der Waals surface area contributed by atoms with Crippen molar-refractivity contribution in [1.82, 2.24) is 14.5 Å². The number of carbonyl (C=O) groups is 1. The van der Waals surface area contributed by atoms with Crippen molar-refractivity contribution in [2.24, 2.45) is 5.92 Å². The molecule has 1 N–H and O–H groups in total. The SMILES string of the molecule is COc1cccc(CN2C[C@@H]3CCN(C(=O)NC(C)C)CC[C@H]3S2(=O)=O)c1. The molecule has 0 saturated carbocycles. The van der Waals surface area contributed by atoms with Crippen molar-refractivity contribution < 1.29 is 17.9 Å². The number of nitrogens with one attached hydrogen (secondary N) is 1. The van der Waals surface area contributed by atoms with Crippen LogP contribution in [0.5, 0.6) is 5.75 Å². The molecule has 0 bridgehead atoms. The van der Waals surface area contributed by atoms with E-state index in [-0.39, 0.29) is 18.0 Å².